The molecule has 2 aromatic rings. The van der Waals surface area contributed by atoms with E-state index in [2.05, 4.69) is 18.3 Å². The summed E-state index contributed by atoms with van der Waals surface area (Å²) < 4.78 is 5.48. The van der Waals surface area contributed by atoms with Crippen molar-refractivity contribution in [1.29, 1.82) is 0 Å². The molecule has 4 heteroatoms. The lowest BCUT2D eigenvalue weighted by atomic mass is 9.96. The Kier molecular flexibility index (Phi) is 5.51. The molecule has 0 heterocycles. The van der Waals surface area contributed by atoms with E-state index in [-0.39, 0.29) is 6.04 Å². The third-order valence-electron chi connectivity index (χ3n) is 3.55. The van der Waals surface area contributed by atoms with Gasteiger partial charge >= 0.3 is 0 Å². The van der Waals surface area contributed by atoms with E-state index < -0.39 is 0 Å². The molecule has 0 aliphatic rings. The fourth-order valence-corrected chi connectivity index (χ4v) is 2.89. The molecule has 0 saturated carbocycles. The van der Waals surface area contributed by atoms with Crippen LogP contribution in [0.15, 0.2) is 36.4 Å². The maximum atomic E-state index is 6.28. The number of hydrogen-bond donors (Lipinski definition) is 1. The Labute approximate surface area is 136 Å². The number of nitrogens with one attached hydrogen (secondary N) is 1. The molecule has 1 atom stereocenters. The Morgan fingerprint density at radius 1 is 1.14 bits per heavy atom. The van der Waals surface area contributed by atoms with Crippen LogP contribution in [0.4, 0.5) is 0 Å². The molecule has 1 unspecified atom stereocenters. The SMILES string of the molecule is CNC(Cc1ccc(Cl)cc1Cl)c1cc(C)ccc1OC. The van der Waals surface area contributed by atoms with Crippen molar-refractivity contribution in [1.82, 2.24) is 5.32 Å². The fraction of sp³-hybridized carbons (Fsp3) is 0.294. The standard InChI is InChI=1S/C17H19Cl2NO/c1-11-4-7-17(21-3)14(8-11)16(20-2)9-12-5-6-13(18)10-15(12)19/h4-8,10,16,20H,9H2,1-3H3. The minimum atomic E-state index is 0.124. The molecule has 112 valence electrons. The van der Waals surface area contributed by atoms with Gasteiger partial charge in [-0.1, -0.05) is 47.0 Å². The van der Waals surface area contributed by atoms with E-state index in [4.69, 9.17) is 27.9 Å². The summed E-state index contributed by atoms with van der Waals surface area (Å²) in [7, 11) is 3.63. The first kappa shape index (κ1) is 16.2. The number of halogens is 2. The molecule has 0 spiro atoms. The van der Waals surface area contributed by atoms with Crippen LogP contribution >= 0.6 is 23.2 Å². The van der Waals surface area contributed by atoms with Gasteiger partial charge < -0.3 is 10.1 Å². The van der Waals surface area contributed by atoms with Crippen LogP contribution in [-0.4, -0.2) is 14.2 Å². The van der Waals surface area contributed by atoms with Crippen molar-refractivity contribution in [3.05, 3.63) is 63.1 Å². The van der Waals surface area contributed by atoms with Crippen molar-refractivity contribution < 1.29 is 4.74 Å². The Morgan fingerprint density at radius 3 is 2.52 bits per heavy atom. The minimum absolute atomic E-state index is 0.124. The highest BCUT2D eigenvalue weighted by molar-refractivity contribution is 6.35. The Balaban J connectivity index is 2.34. The molecule has 1 N–H and O–H groups in total. The van der Waals surface area contributed by atoms with Crippen LogP contribution < -0.4 is 10.1 Å². The van der Waals surface area contributed by atoms with Gasteiger partial charge in [0.25, 0.3) is 0 Å². The van der Waals surface area contributed by atoms with Crippen LogP contribution in [0.3, 0.4) is 0 Å². The molecule has 2 nitrogen and oxygen atoms in total. The van der Waals surface area contributed by atoms with Gasteiger partial charge in [0.2, 0.25) is 0 Å². The molecule has 0 aromatic heterocycles. The van der Waals surface area contributed by atoms with E-state index in [9.17, 15) is 0 Å². The lowest BCUT2D eigenvalue weighted by Crippen LogP contribution is -2.20. The minimum Gasteiger partial charge on any atom is -0.496 e. The highest BCUT2D eigenvalue weighted by Crippen LogP contribution is 2.31. The molecule has 0 aliphatic heterocycles. The predicted octanol–water partition coefficient (Wildman–Crippen LogP) is 4.81. The second-order valence-corrected chi connectivity index (χ2v) is 5.87. The number of aryl methyl sites for hydroxylation is 1. The van der Waals surface area contributed by atoms with Gasteiger partial charge in [-0.2, -0.15) is 0 Å². The zero-order valence-corrected chi connectivity index (χ0v) is 13.9. The normalized spacial score (nSPS) is 12.2. The van der Waals surface area contributed by atoms with Crippen molar-refractivity contribution in [3.8, 4) is 5.75 Å². The van der Waals surface area contributed by atoms with Gasteiger partial charge in [0.05, 0.1) is 7.11 Å². The number of rotatable bonds is 5. The van der Waals surface area contributed by atoms with Crippen molar-refractivity contribution >= 4 is 23.2 Å². The molecule has 0 amide bonds. The topological polar surface area (TPSA) is 21.3 Å². The van der Waals surface area contributed by atoms with Crippen molar-refractivity contribution in [3.63, 3.8) is 0 Å². The molecule has 0 bridgehead atoms. The third-order valence-corrected chi connectivity index (χ3v) is 4.14. The third kappa shape index (κ3) is 3.91. The smallest absolute Gasteiger partial charge is 0.123 e. The Hall–Kier alpha value is -1.22. The van der Waals surface area contributed by atoms with Gasteiger partial charge in [-0.05, 0) is 44.2 Å². The Morgan fingerprint density at radius 2 is 1.90 bits per heavy atom. The quantitative estimate of drug-likeness (QED) is 0.852. The summed E-state index contributed by atoms with van der Waals surface area (Å²) in [5, 5.41) is 4.68. The molecular weight excluding hydrogens is 305 g/mol. The van der Waals surface area contributed by atoms with Crippen LogP contribution in [0, 0.1) is 6.92 Å². The Bertz CT molecular complexity index is 628. The maximum absolute atomic E-state index is 6.28. The van der Waals surface area contributed by atoms with Crippen molar-refractivity contribution in [2.45, 2.75) is 19.4 Å². The molecule has 2 rings (SSSR count). The summed E-state index contributed by atoms with van der Waals surface area (Å²) in [4.78, 5) is 0. The number of hydrogen-bond acceptors (Lipinski definition) is 2. The highest BCUT2D eigenvalue weighted by atomic mass is 35.5. The van der Waals surface area contributed by atoms with E-state index in [1.165, 1.54) is 5.56 Å². The van der Waals surface area contributed by atoms with Gasteiger partial charge in [0.1, 0.15) is 5.75 Å². The average molecular weight is 324 g/mol. The first-order chi connectivity index (χ1) is 10.0. The molecule has 21 heavy (non-hydrogen) atoms. The van der Waals surface area contributed by atoms with Crippen LogP contribution in [0.5, 0.6) is 5.75 Å². The number of methoxy groups -OCH3 is 1. The number of benzene rings is 2. The van der Waals surface area contributed by atoms with Gasteiger partial charge in [0, 0.05) is 21.7 Å². The second-order valence-electron chi connectivity index (χ2n) is 5.03. The lowest BCUT2D eigenvalue weighted by molar-refractivity contribution is 0.401. The van der Waals surface area contributed by atoms with Gasteiger partial charge in [-0.25, -0.2) is 0 Å². The van der Waals surface area contributed by atoms with E-state index in [1.807, 2.05) is 31.3 Å². The summed E-state index contributed by atoms with van der Waals surface area (Å²) in [5.41, 5.74) is 3.39. The van der Waals surface area contributed by atoms with E-state index in [0.29, 0.717) is 10.0 Å². The zero-order chi connectivity index (χ0) is 15.4. The molecule has 0 aliphatic carbocycles. The number of likely N-dealkylation sites (N-methyl/N-ethyl adjacent to an activating group) is 1. The second kappa shape index (κ2) is 7.17. The van der Waals surface area contributed by atoms with E-state index in [1.54, 1.807) is 13.2 Å². The molecule has 0 saturated heterocycles. The van der Waals surface area contributed by atoms with Crippen LogP contribution in [0.2, 0.25) is 10.0 Å². The lowest BCUT2D eigenvalue weighted by Gasteiger charge is -2.20. The molecule has 0 radical (unpaired) electrons. The van der Waals surface area contributed by atoms with Crippen LogP contribution in [0.1, 0.15) is 22.7 Å². The molecular formula is C17H19Cl2NO. The summed E-state index contributed by atoms with van der Waals surface area (Å²) in [6.07, 6.45) is 0.770. The van der Waals surface area contributed by atoms with E-state index in [0.717, 1.165) is 23.3 Å². The zero-order valence-electron chi connectivity index (χ0n) is 12.4. The predicted molar refractivity (Wildman–Crippen MR) is 89.7 cm³/mol. The van der Waals surface area contributed by atoms with Crippen LogP contribution in [-0.2, 0) is 6.42 Å². The van der Waals surface area contributed by atoms with Crippen LogP contribution in [0.25, 0.3) is 0 Å². The first-order valence-corrected chi connectivity index (χ1v) is 7.56. The highest BCUT2D eigenvalue weighted by Gasteiger charge is 2.16. The molecule has 2 aromatic carbocycles. The average Bonchev–Trinajstić information content (AvgIpc) is 2.46. The van der Waals surface area contributed by atoms with Crippen molar-refractivity contribution in [2.75, 3.05) is 14.2 Å². The number of ether oxygens (including phenoxy) is 1. The van der Waals surface area contributed by atoms with Crippen molar-refractivity contribution in [2.24, 2.45) is 0 Å². The summed E-state index contributed by atoms with van der Waals surface area (Å²) in [5.74, 6) is 0.880. The maximum Gasteiger partial charge on any atom is 0.123 e. The first-order valence-electron chi connectivity index (χ1n) is 6.81. The summed E-state index contributed by atoms with van der Waals surface area (Å²) >= 11 is 12.2. The fourth-order valence-electron chi connectivity index (χ4n) is 2.40. The van der Waals surface area contributed by atoms with Gasteiger partial charge in [-0.15, -0.1) is 0 Å². The largest absolute Gasteiger partial charge is 0.496 e. The van der Waals surface area contributed by atoms with E-state index >= 15 is 0 Å². The summed E-state index contributed by atoms with van der Waals surface area (Å²) in [6, 6.07) is 11.9. The molecule has 0 fully saturated rings. The van der Waals surface area contributed by atoms with Gasteiger partial charge in [0.15, 0.2) is 0 Å². The summed E-state index contributed by atoms with van der Waals surface area (Å²) in [6.45, 7) is 2.07. The van der Waals surface area contributed by atoms with Gasteiger partial charge in [-0.3, -0.25) is 0 Å². The monoisotopic (exact) mass is 323 g/mol.